The van der Waals surface area contributed by atoms with E-state index in [2.05, 4.69) is 23.0 Å². The molecule has 0 aliphatic carbocycles. The van der Waals surface area contributed by atoms with Crippen molar-refractivity contribution < 1.29 is 4.39 Å². The first-order valence-electron chi connectivity index (χ1n) is 8.46. The molecule has 0 N–H and O–H groups in total. The molecular formula is C22H23FN2. The topological polar surface area (TPSA) is 25.8 Å². The molecule has 2 aromatic carbocycles. The van der Waals surface area contributed by atoms with Crippen LogP contribution in [-0.2, 0) is 0 Å². The number of rotatable bonds is 0. The summed E-state index contributed by atoms with van der Waals surface area (Å²) in [6.45, 7) is 8.05. The summed E-state index contributed by atoms with van der Waals surface area (Å²) in [5, 5.41) is 2.13. The monoisotopic (exact) mass is 334 g/mol. The van der Waals surface area contributed by atoms with E-state index in [0.29, 0.717) is 0 Å². The Balaban J connectivity index is 0.000000165. The fourth-order valence-corrected chi connectivity index (χ4v) is 2.49. The molecule has 0 bridgehead atoms. The van der Waals surface area contributed by atoms with E-state index in [4.69, 9.17) is 0 Å². The lowest BCUT2D eigenvalue weighted by Gasteiger charge is -1.99. The summed E-state index contributed by atoms with van der Waals surface area (Å²) in [5.41, 5.74) is 4.26. The van der Waals surface area contributed by atoms with Crippen LogP contribution in [0.15, 0.2) is 67.0 Å². The minimum Gasteiger partial charge on any atom is -0.256 e. The summed E-state index contributed by atoms with van der Waals surface area (Å²) in [7, 11) is 0. The number of para-hydroxylation sites is 1. The Hall–Kier alpha value is -2.81. The summed E-state index contributed by atoms with van der Waals surface area (Å²) in [5.74, 6) is -0.210. The van der Waals surface area contributed by atoms with Crippen LogP contribution >= 0.6 is 0 Å². The van der Waals surface area contributed by atoms with Gasteiger partial charge in [0.25, 0.3) is 0 Å². The molecule has 0 fully saturated rings. The number of nitrogens with zero attached hydrogens (tertiary/aromatic N) is 2. The Morgan fingerprint density at radius 2 is 1.24 bits per heavy atom. The summed E-state index contributed by atoms with van der Waals surface area (Å²) < 4.78 is 12.8. The molecule has 3 heteroatoms. The van der Waals surface area contributed by atoms with Crippen molar-refractivity contribution in [2.45, 2.75) is 27.7 Å². The molecule has 0 aliphatic heterocycles. The van der Waals surface area contributed by atoms with Crippen molar-refractivity contribution in [3.05, 3.63) is 83.9 Å². The maximum Gasteiger partial charge on any atom is 0.123 e. The smallest absolute Gasteiger partial charge is 0.123 e. The average Bonchev–Trinajstić information content (AvgIpc) is 2.65. The van der Waals surface area contributed by atoms with E-state index in [9.17, 15) is 4.39 Å². The SMILES string of the molecule is CC.Cc1ccnc2ccc(F)cc12.Cc1ccnc2ccccc12. The average molecular weight is 334 g/mol. The maximum atomic E-state index is 12.8. The Labute approximate surface area is 148 Å². The predicted molar refractivity (Wildman–Crippen MR) is 104 cm³/mol. The van der Waals surface area contributed by atoms with Gasteiger partial charge in [-0.1, -0.05) is 32.0 Å². The second-order valence-electron chi connectivity index (χ2n) is 5.43. The Morgan fingerprint density at radius 3 is 1.88 bits per heavy atom. The van der Waals surface area contributed by atoms with Gasteiger partial charge in [-0.15, -0.1) is 0 Å². The molecule has 0 radical (unpaired) electrons. The standard InChI is InChI=1S/C10H8FN.C10H9N.C2H6/c1-7-4-5-12-10-3-2-8(11)6-9(7)10;1-8-6-7-11-10-5-3-2-4-9(8)10;1-2/h2-6H,1H3;2-7H,1H3;1-2H3. The van der Waals surface area contributed by atoms with Crippen LogP contribution < -0.4 is 0 Å². The molecule has 0 saturated heterocycles. The van der Waals surface area contributed by atoms with Gasteiger partial charge in [-0.3, -0.25) is 9.97 Å². The van der Waals surface area contributed by atoms with Crippen molar-refractivity contribution >= 4 is 21.8 Å². The van der Waals surface area contributed by atoms with Gasteiger partial charge in [0.05, 0.1) is 11.0 Å². The van der Waals surface area contributed by atoms with Gasteiger partial charge in [0.1, 0.15) is 5.82 Å². The Kier molecular flexibility index (Phi) is 6.58. The third-order valence-electron chi connectivity index (χ3n) is 3.79. The molecule has 0 atom stereocenters. The minimum absolute atomic E-state index is 0.210. The molecule has 2 nitrogen and oxygen atoms in total. The summed E-state index contributed by atoms with van der Waals surface area (Å²) in [6.07, 6.45) is 3.58. The van der Waals surface area contributed by atoms with Gasteiger partial charge in [0.2, 0.25) is 0 Å². The van der Waals surface area contributed by atoms with E-state index in [0.717, 1.165) is 22.0 Å². The molecule has 0 amide bonds. The van der Waals surface area contributed by atoms with Gasteiger partial charge in [-0.25, -0.2) is 4.39 Å². The summed E-state index contributed by atoms with van der Waals surface area (Å²) >= 11 is 0. The first-order valence-corrected chi connectivity index (χ1v) is 8.46. The number of benzene rings is 2. The van der Waals surface area contributed by atoms with Crippen LogP contribution in [0.4, 0.5) is 4.39 Å². The van der Waals surface area contributed by atoms with Gasteiger partial charge < -0.3 is 0 Å². The number of aryl methyl sites for hydroxylation is 2. The van der Waals surface area contributed by atoms with Gasteiger partial charge in [-0.05, 0) is 61.4 Å². The van der Waals surface area contributed by atoms with Gasteiger partial charge in [0, 0.05) is 23.2 Å². The fourth-order valence-electron chi connectivity index (χ4n) is 2.49. The third-order valence-corrected chi connectivity index (χ3v) is 3.79. The first-order chi connectivity index (χ1) is 12.1. The molecule has 0 spiro atoms. The summed E-state index contributed by atoms with van der Waals surface area (Å²) in [4.78, 5) is 8.36. The maximum absolute atomic E-state index is 12.8. The number of hydrogen-bond donors (Lipinski definition) is 0. The van der Waals surface area contributed by atoms with E-state index in [-0.39, 0.29) is 5.82 Å². The number of hydrogen-bond acceptors (Lipinski definition) is 2. The number of aromatic nitrogens is 2. The second-order valence-corrected chi connectivity index (χ2v) is 5.43. The fraction of sp³-hybridized carbons (Fsp3) is 0.182. The largest absolute Gasteiger partial charge is 0.256 e. The van der Waals surface area contributed by atoms with Gasteiger partial charge in [0.15, 0.2) is 0 Å². The number of pyridine rings is 2. The van der Waals surface area contributed by atoms with E-state index < -0.39 is 0 Å². The number of fused-ring (bicyclic) bond motifs is 2. The van der Waals surface area contributed by atoms with E-state index in [1.54, 1.807) is 12.3 Å². The lowest BCUT2D eigenvalue weighted by Crippen LogP contribution is -1.83. The Bertz CT molecular complexity index is 959. The van der Waals surface area contributed by atoms with Gasteiger partial charge in [-0.2, -0.15) is 0 Å². The predicted octanol–water partition coefficient (Wildman–Crippen LogP) is 6.25. The van der Waals surface area contributed by atoms with E-state index in [1.807, 2.05) is 57.3 Å². The zero-order valence-electron chi connectivity index (χ0n) is 15.1. The first kappa shape index (κ1) is 18.5. The molecule has 2 heterocycles. The van der Waals surface area contributed by atoms with Crippen LogP contribution in [0, 0.1) is 19.7 Å². The lowest BCUT2D eigenvalue weighted by atomic mass is 10.1. The molecule has 0 saturated carbocycles. The molecule has 4 aromatic rings. The molecule has 0 unspecified atom stereocenters. The lowest BCUT2D eigenvalue weighted by molar-refractivity contribution is 0.629. The van der Waals surface area contributed by atoms with E-state index >= 15 is 0 Å². The highest BCUT2D eigenvalue weighted by molar-refractivity contribution is 5.82. The van der Waals surface area contributed by atoms with Crippen molar-refractivity contribution in [2.75, 3.05) is 0 Å². The molecule has 4 rings (SSSR count). The van der Waals surface area contributed by atoms with Gasteiger partial charge >= 0.3 is 0 Å². The van der Waals surface area contributed by atoms with Crippen LogP contribution in [0.2, 0.25) is 0 Å². The normalized spacial score (nSPS) is 9.80. The molecule has 2 aromatic heterocycles. The van der Waals surface area contributed by atoms with Crippen LogP contribution in [0.1, 0.15) is 25.0 Å². The minimum atomic E-state index is -0.210. The Morgan fingerprint density at radius 1 is 0.680 bits per heavy atom. The third kappa shape index (κ3) is 4.60. The van der Waals surface area contributed by atoms with Crippen LogP contribution in [0.5, 0.6) is 0 Å². The second kappa shape index (κ2) is 8.88. The van der Waals surface area contributed by atoms with Crippen LogP contribution in [-0.4, -0.2) is 9.97 Å². The quantitative estimate of drug-likeness (QED) is 0.380. The highest BCUT2D eigenvalue weighted by Gasteiger charge is 1.98. The van der Waals surface area contributed by atoms with Crippen LogP contribution in [0.3, 0.4) is 0 Å². The molecular weight excluding hydrogens is 311 g/mol. The van der Waals surface area contributed by atoms with Crippen LogP contribution in [0.25, 0.3) is 21.8 Å². The summed E-state index contributed by atoms with van der Waals surface area (Å²) in [6, 6.07) is 16.7. The van der Waals surface area contributed by atoms with Crippen molar-refractivity contribution in [3.63, 3.8) is 0 Å². The van der Waals surface area contributed by atoms with Crippen molar-refractivity contribution in [3.8, 4) is 0 Å². The zero-order valence-corrected chi connectivity index (χ0v) is 15.1. The van der Waals surface area contributed by atoms with Crippen molar-refractivity contribution in [2.24, 2.45) is 0 Å². The number of halogens is 1. The van der Waals surface area contributed by atoms with Crippen molar-refractivity contribution in [1.29, 1.82) is 0 Å². The highest BCUT2D eigenvalue weighted by atomic mass is 19.1. The van der Waals surface area contributed by atoms with E-state index in [1.165, 1.54) is 23.1 Å². The zero-order chi connectivity index (χ0) is 18.2. The highest BCUT2D eigenvalue weighted by Crippen LogP contribution is 2.16. The van der Waals surface area contributed by atoms with Crippen molar-refractivity contribution in [1.82, 2.24) is 9.97 Å². The molecule has 25 heavy (non-hydrogen) atoms. The molecule has 0 aliphatic rings. The molecule has 128 valence electrons.